The Morgan fingerprint density at radius 2 is 1.88 bits per heavy atom. The van der Waals surface area contributed by atoms with E-state index in [9.17, 15) is 19.7 Å². The first-order valence-electron chi connectivity index (χ1n) is 7.36. The van der Waals surface area contributed by atoms with Gasteiger partial charge in [0.05, 0.1) is 22.5 Å². The second-order valence-corrected chi connectivity index (χ2v) is 5.09. The van der Waals surface area contributed by atoms with Crippen LogP contribution in [0, 0.1) is 10.1 Å². The van der Waals surface area contributed by atoms with Gasteiger partial charge in [0.1, 0.15) is 5.69 Å². The quantitative estimate of drug-likeness (QED) is 0.372. The van der Waals surface area contributed by atoms with Crippen molar-refractivity contribution in [3.8, 4) is 11.4 Å². The van der Waals surface area contributed by atoms with Crippen LogP contribution < -0.4 is 10.6 Å². The van der Waals surface area contributed by atoms with Crippen LogP contribution in [0.4, 0.5) is 17.1 Å². The lowest BCUT2D eigenvalue weighted by molar-refractivity contribution is -0.384. The van der Waals surface area contributed by atoms with Crippen LogP contribution in [0.1, 0.15) is 0 Å². The molecule has 0 saturated carbocycles. The van der Waals surface area contributed by atoms with E-state index in [2.05, 4.69) is 25.8 Å². The molecule has 0 radical (unpaired) electrons. The molecular formula is C16H12N6O4. The van der Waals surface area contributed by atoms with Gasteiger partial charge >= 0.3 is 11.8 Å². The molecule has 3 rings (SSSR count). The molecule has 1 aromatic carbocycles. The third-order valence-electron chi connectivity index (χ3n) is 3.33. The van der Waals surface area contributed by atoms with Gasteiger partial charge in [-0.05, 0) is 18.2 Å². The number of nitro groups is 1. The number of nitro benzene ring substituents is 1. The number of aromatic nitrogens is 3. The third-order valence-corrected chi connectivity index (χ3v) is 3.33. The van der Waals surface area contributed by atoms with Crippen LogP contribution in [0.5, 0.6) is 0 Å². The average Bonchev–Trinajstić information content (AvgIpc) is 3.10. The molecule has 26 heavy (non-hydrogen) atoms. The summed E-state index contributed by atoms with van der Waals surface area (Å²) in [6.07, 6.45) is 2.93. The van der Waals surface area contributed by atoms with Gasteiger partial charge in [-0.25, -0.2) is 0 Å². The van der Waals surface area contributed by atoms with Gasteiger partial charge in [-0.3, -0.25) is 29.8 Å². The van der Waals surface area contributed by atoms with Crippen LogP contribution >= 0.6 is 0 Å². The Bertz CT molecular complexity index is 970. The van der Waals surface area contributed by atoms with Gasteiger partial charge in [0.25, 0.3) is 5.69 Å². The number of hydrogen-bond donors (Lipinski definition) is 3. The highest BCUT2D eigenvalue weighted by atomic mass is 16.6. The average molecular weight is 352 g/mol. The van der Waals surface area contributed by atoms with Gasteiger partial charge in [0.15, 0.2) is 0 Å². The summed E-state index contributed by atoms with van der Waals surface area (Å²) >= 11 is 0. The van der Waals surface area contributed by atoms with E-state index in [0.29, 0.717) is 11.4 Å². The molecule has 0 aliphatic rings. The van der Waals surface area contributed by atoms with Gasteiger partial charge in [-0.2, -0.15) is 5.10 Å². The lowest BCUT2D eigenvalue weighted by Crippen LogP contribution is -2.29. The summed E-state index contributed by atoms with van der Waals surface area (Å²) in [5.41, 5.74) is 1.20. The predicted octanol–water partition coefficient (Wildman–Crippen LogP) is 1.96. The van der Waals surface area contributed by atoms with Gasteiger partial charge < -0.3 is 10.6 Å². The summed E-state index contributed by atoms with van der Waals surface area (Å²) < 4.78 is 0. The Kier molecular flexibility index (Phi) is 4.65. The first-order chi connectivity index (χ1) is 12.5. The molecular weight excluding hydrogens is 340 g/mol. The highest BCUT2D eigenvalue weighted by Gasteiger charge is 2.18. The molecule has 10 nitrogen and oxygen atoms in total. The summed E-state index contributed by atoms with van der Waals surface area (Å²) in [6.45, 7) is 0. The standard InChI is InChI=1S/C16H12N6O4/c23-15(19-10-4-3-5-11(8-10)22(25)26)16(24)20-13-9-18-21-14(13)12-6-1-2-7-17-12/h1-9H,(H,18,21)(H,19,23)(H,20,24). The number of benzene rings is 1. The first-order valence-corrected chi connectivity index (χ1v) is 7.36. The number of aromatic amines is 1. The Balaban J connectivity index is 1.71. The first kappa shape index (κ1) is 16.8. The lowest BCUT2D eigenvalue weighted by atomic mass is 10.2. The number of amides is 2. The van der Waals surface area contributed by atoms with E-state index in [1.807, 2.05) is 0 Å². The van der Waals surface area contributed by atoms with Crippen LogP contribution in [-0.4, -0.2) is 31.9 Å². The smallest absolute Gasteiger partial charge is 0.314 e. The van der Waals surface area contributed by atoms with Crippen LogP contribution in [0.2, 0.25) is 0 Å². The largest absolute Gasteiger partial charge is 0.318 e. The number of nitrogens with one attached hydrogen (secondary N) is 3. The molecule has 0 saturated heterocycles. The highest BCUT2D eigenvalue weighted by molar-refractivity contribution is 6.43. The molecule has 130 valence electrons. The van der Waals surface area contributed by atoms with Gasteiger partial charge in [-0.1, -0.05) is 12.1 Å². The van der Waals surface area contributed by atoms with Crippen LogP contribution in [0.25, 0.3) is 11.4 Å². The minimum Gasteiger partial charge on any atom is -0.318 e. The molecule has 2 aromatic heterocycles. The molecule has 3 aromatic rings. The highest BCUT2D eigenvalue weighted by Crippen LogP contribution is 2.23. The summed E-state index contributed by atoms with van der Waals surface area (Å²) in [6, 6.07) is 10.5. The number of anilines is 2. The number of H-pyrrole nitrogens is 1. The zero-order chi connectivity index (χ0) is 18.5. The molecule has 0 unspecified atom stereocenters. The summed E-state index contributed by atoms with van der Waals surface area (Å²) in [7, 11) is 0. The molecule has 10 heteroatoms. The molecule has 0 spiro atoms. The van der Waals surface area contributed by atoms with Gasteiger partial charge in [0.2, 0.25) is 0 Å². The minimum atomic E-state index is -0.973. The Labute approximate surface area is 146 Å². The zero-order valence-corrected chi connectivity index (χ0v) is 13.2. The summed E-state index contributed by atoms with van der Waals surface area (Å²) in [4.78, 5) is 38.4. The van der Waals surface area contributed by atoms with Crippen molar-refractivity contribution in [3.63, 3.8) is 0 Å². The number of nitrogens with zero attached hydrogens (tertiary/aromatic N) is 3. The van der Waals surface area contributed by atoms with Crippen molar-refractivity contribution in [1.82, 2.24) is 15.2 Å². The Morgan fingerprint density at radius 3 is 2.62 bits per heavy atom. The Morgan fingerprint density at radius 1 is 1.08 bits per heavy atom. The number of hydrogen-bond acceptors (Lipinski definition) is 6. The molecule has 0 fully saturated rings. The maximum atomic E-state index is 12.1. The van der Waals surface area contributed by atoms with Crippen molar-refractivity contribution in [1.29, 1.82) is 0 Å². The van der Waals surface area contributed by atoms with E-state index in [-0.39, 0.29) is 17.1 Å². The van der Waals surface area contributed by atoms with Crippen molar-refractivity contribution in [2.24, 2.45) is 0 Å². The third kappa shape index (κ3) is 3.70. The van der Waals surface area contributed by atoms with Crippen LogP contribution in [0.15, 0.2) is 54.9 Å². The Hall–Kier alpha value is -4.08. The normalized spacial score (nSPS) is 10.2. The molecule has 2 heterocycles. The number of carbonyl (C=O) groups excluding carboxylic acids is 2. The van der Waals surface area contributed by atoms with E-state index in [1.54, 1.807) is 24.4 Å². The number of non-ortho nitro benzene ring substituents is 1. The van der Waals surface area contributed by atoms with E-state index in [4.69, 9.17) is 0 Å². The van der Waals surface area contributed by atoms with Crippen LogP contribution in [-0.2, 0) is 9.59 Å². The maximum Gasteiger partial charge on any atom is 0.314 e. The maximum absolute atomic E-state index is 12.1. The molecule has 3 N–H and O–H groups in total. The molecule has 0 aliphatic carbocycles. The predicted molar refractivity (Wildman–Crippen MR) is 92.2 cm³/mol. The number of pyridine rings is 1. The van der Waals surface area contributed by atoms with Crippen molar-refractivity contribution in [2.75, 3.05) is 10.6 Å². The molecule has 0 atom stereocenters. The van der Waals surface area contributed by atoms with Crippen molar-refractivity contribution in [3.05, 3.63) is 65.0 Å². The van der Waals surface area contributed by atoms with E-state index in [0.717, 1.165) is 6.07 Å². The summed E-state index contributed by atoms with van der Waals surface area (Å²) in [5.74, 6) is -1.92. The fourth-order valence-corrected chi connectivity index (χ4v) is 2.15. The monoisotopic (exact) mass is 352 g/mol. The fourth-order valence-electron chi connectivity index (χ4n) is 2.15. The van der Waals surface area contributed by atoms with E-state index < -0.39 is 16.7 Å². The van der Waals surface area contributed by atoms with Crippen molar-refractivity contribution in [2.45, 2.75) is 0 Å². The number of rotatable bonds is 4. The van der Waals surface area contributed by atoms with Gasteiger partial charge in [0, 0.05) is 24.0 Å². The van der Waals surface area contributed by atoms with E-state index >= 15 is 0 Å². The molecule has 2 amide bonds. The van der Waals surface area contributed by atoms with Crippen molar-refractivity contribution < 1.29 is 14.5 Å². The topological polar surface area (TPSA) is 143 Å². The van der Waals surface area contributed by atoms with Crippen molar-refractivity contribution >= 4 is 28.9 Å². The second kappa shape index (κ2) is 7.21. The second-order valence-electron chi connectivity index (χ2n) is 5.09. The fraction of sp³-hybridized carbons (Fsp3) is 0. The van der Waals surface area contributed by atoms with Gasteiger partial charge in [-0.15, -0.1) is 0 Å². The lowest BCUT2D eigenvalue weighted by Gasteiger charge is -2.06. The summed E-state index contributed by atoms with van der Waals surface area (Å²) in [5, 5.41) is 22.0. The minimum absolute atomic E-state index is 0.136. The van der Waals surface area contributed by atoms with Crippen LogP contribution in [0.3, 0.4) is 0 Å². The van der Waals surface area contributed by atoms with E-state index in [1.165, 1.54) is 24.4 Å². The molecule has 0 aliphatic heterocycles. The molecule has 0 bridgehead atoms. The SMILES string of the molecule is O=C(Nc1cccc([N+](=O)[O-])c1)C(=O)Nc1cn[nH]c1-c1ccccn1. The zero-order valence-electron chi connectivity index (χ0n) is 13.2. The number of carbonyl (C=O) groups is 2.